The van der Waals surface area contributed by atoms with Gasteiger partial charge in [0.2, 0.25) is 6.04 Å². The number of rotatable bonds is 1. The number of nitrogens with zero attached hydrogens (tertiary/aromatic N) is 2. The van der Waals surface area contributed by atoms with Crippen LogP contribution in [0.15, 0.2) is 5.16 Å². The Hall–Kier alpha value is -1.13. The quantitative estimate of drug-likeness (QED) is 0.275. The van der Waals surface area contributed by atoms with Crippen LogP contribution < -0.4 is 0 Å². The van der Waals surface area contributed by atoms with Crippen LogP contribution in [0.2, 0.25) is 0 Å². The predicted octanol–water partition coefficient (Wildman–Crippen LogP) is 1.53. The van der Waals surface area contributed by atoms with Gasteiger partial charge in [0.1, 0.15) is 0 Å². The van der Waals surface area contributed by atoms with Crippen molar-refractivity contribution >= 4 is 5.71 Å². The number of hydrogen-bond donors (Lipinski definition) is 1. The maximum Gasteiger partial charge on any atom is 0.207 e. The summed E-state index contributed by atoms with van der Waals surface area (Å²) in [5.74, 6) is 0. The van der Waals surface area contributed by atoms with E-state index in [9.17, 15) is 10.1 Å². The predicted molar refractivity (Wildman–Crippen MR) is 42.7 cm³/mol. The Morgan fingerprint density at radius 2 is 1.73 bits per heavy atom. The topological polar surface area (TPSA) is 75.7 Å². The van der Waals surface area contributed by atoms with E-state index in [0.29, 0.717) is 5.71 Å². The van der Waals surface area contributed by atoms with Crippen molar-refractivity contribution in [2.45, 2.75) is 33.7 Å². The summed E-state index contributed by atoms with van der Waals surface area (Å²) in [5.41, 5.74) is 0.685. The van der Waals surface area contributed by atoms with Crippen LogP contribution in [-0.4, -0.2) is 21.9 Å². The molecule has 0 spiro atoms. The maximum absolute atomic E-state index is 9.50. The van der Waals surface area contributed by atoms with E-state index in [1.165, 1.54) is 0 Å². The monoisotopic (exact) mass is 162 g/mol. The van der Waals surface area contributed by atoms with E-state index in [1.807, 2.05) is 0 Å². The molecule has 0 radical (unpaired) electrons. The van der Waals surface area contributed by atoms with Gasteiger partial charge in [0, 0.05) is 18.8 Å². The van der Waals surface area contributed by atoms with Crippen LogP contribution in [0.4, 0.5) is 0 Å². The smallest absolute Gasteiger partial charge is 0.207 e. The van der Waals surface area contributed by atoms with Crippen molar-refractivity contribution in [1.29, 1.82) is 0 Å². The molecule has 0 saturated carbocycles. The Kier molecular flexibility index (Phi) is 7.96. The fraction of sp³-hybridized carbons (Fsp3) is 0.833. The number of oxime groups is 1. The normalized spacial score (nSPS) is 8.09. The van der Waals surface area contributed by atoms with Gasteiger partial charge in [0.15, 0.2) is 0 Å². The first-order valence-corrected chi connectivity index (χ1v) is 3.20. The molecule has 0 aromatic carbocycles. The summed E-state index contributed by atoms with van der Waals surface area (Å²) in [6.07, 6.45) is 0. The van der Waals surface area contributed by atoms with E-state index < -0.39 is 6.04 Å². The molecule has 0 saturated heterocycles. The molecule has 1 N–H and O–H groups in total. The van der Waals surface area contributed by atoms with Crippen molar-refractivity contribution in [3.05, 3.63) is 10.1 Å². The molecule has 11 heavy (non-hydrogen) atoms. The van der Waals surface area contributed by atoms with Crippen molar-refractivity contribution in [2.24, 2.45) is 5.16 Å². The summed E-state index contributed by atoms with van der Waals surface area (Å²) in [4.78, 5) is 9.17. The van der Waals surface area contributed by atoms with Gasteiger partial charge in [-0.05, 0) is 13.8 Å². The molecule has 0 fully saturated rings. The molecule has 0 bridgehead atoms. The summed E-state index contributed by atoms with van der Waals surface area (Å²) in [7, 11) is 0. The third-order valence-corrected chi connectivity index (χ3v) is 0.622. The Morgan fingerprint density at radius 1 is 1.55 bits per heavy atom. The fourth-order valence-corrected chi connectivity index (χ4v) is 0. The van der Waals surface area contributed by atoms with Crippen molar-refractivity contribution in [1.82, 2.24) is 0 Å². The van der Waals surface area contributed by atoms with E-state index in [-0.39, 0.29) is 4.92 Å². The van der Waals surface area contributed by atoms with Crippen LogP contribution in [0.25, 0.3) is 0 Å². The van der Waals surface area contributed by atoms with Crippen LogP contribution in [0, 0.1) is 10.1 Å². The first-order chi connectivity index (χ1) is 4.91. The molecule has 0 aliphatic carbocycles. The van der Waals surface area contributed by atoms with Gasteiger partial charge in [-0.2, -0.15) is 0 Å². The molecule has 66 valence electrons. The van der Waals surface area contributed by atoms with E-state index in [2.05, 4.69) is 5.16 Å². The third kappa shape index (κ3) is 17.7. The van der Waals surface area contributed by atoms with E-state index in [0.717, 1.165) is 0 Å². The van der Waals surface area contributed by atoms with Gasteiger partial charge >= 0.3 is 0 Å². The fourth-order valence-electron chi connectivity index (χ4n) is 0. The second-order valence-corrected chi connectivity index (χ2v) is 2.43. The van der Waals surface area contributed by atoms with Gasteiger partial charge in [-0.15, -0.1) is 0 Å². The highest BCUT2D eigenvalue weighted by Crippen LogP contribution is 1.79. The van der Waals surface area contributed by atoms with Crippen LogP contribution >= 0.6 is 0 Å². The summed E-state index contributed by atoms with van der Waals surface area (Å²) in [6, 6.07) is -0.426. The summed E-state index contributed by atoms with van der Waals surface area (Å²) < 4.78 is 0. The van der Waals surface area contributed by atoms with Gasteiger partial charge in [-0.1, -0.05) is 5.16 Å². The molecule has 5 nitrogen and oxygen atoms in total. The zero-order chi connectivity index (χ0) is 9.44. The van der Waals surface area contributed by atoms with Crippen molar-refractivity contribution < 1.29 is 10.1 Å². The second-order valence-electron chi connectivity index (χ2n) is 2.43. The lowest BCUT2D eigenvalue weighted by molar-refractivity contribution is -0.513. The number of nitro groups is 1. The average molecular weight is 162 g/mol. The largest absolute Gasteiger partial charge is 0.411 e. The summed E-state index contributed by atoms with van der Waals surface area (Å²) in [5, 5.41) is 20.0. The molecule has 0 aliphatic heterocycles. The highest BCUT2D eigenvalue weighted by atomic mass is 16.6. The van der Waals surface area contributed by atoms with Crippen molar-refractivity contribution in [2.75, 3.05) is 0 Å². The molecule has 0 heterocycles. The first kappa shape index (κ1) is 12.5. The Morgan fingerprint density at radius 3 is 1.73 bits per heavy atom. The van der Waals surface area contributed by atoms with Gasteiger partial charge in [-0.3, -0.25) is 10.1 Å². The average Bonchev–Trinajstić information content (AvgIpc) is 1.89. The van der Waals surface area contributed by atoms with Crippen molar-refractivity contribution in [3.63, 3.8) is 0 Å². The van der Waals surface area contributed by atoms with Crippen LogP contribution in [0.1, 0.15) is 27.7 Å². The van der Waals surface area contributed by atoms with Crippen molar-refractivity contribution in [3.8, 4) is 0 Å². The minimum atomic E-state index is -0.426. The van der Waals surface area contributed by atoms with E-state index in [4.69, 9.17) is 5.21 Å². The van der Waals surface area contributed by atoms with Crippen LogP contribution in [0.3, 0.4) is 0 Å². The summed E-state index contributed by atoms with van der Waals surface area (Å²) >= 11 is 0. The Balaban J connectivity index is 0. The molecule has 0 aromatic heterocycles. The number of hydrogen-bond acceptors (Lipinski definition) is 4. The highest BCUT2D eigenvalue weighted by molar-refractivity contribution is 5.78. The van der Waals surface area contributed by atoms with E-state index in [1.54, 1.807) is 27.7 Å². The second kappa shape index (κ2) is 6.98. The maximum atomic E-state index is 9.50. The van der Waals surface area contributed by atoms with Gasteiger partial charge in [0.25, 0.3) is 0 Å². The molecule has 0 rings (SSSR count). The van der Waals surface area contributed by atoms with E-state index >= 15 is 0 Å². The molecule has 5 heteroatoms. The molecule has 0 amide bonds. The van der Waals surface area contributed by atoms with Crippen LogP contribution in [-0.2, 0) is 0 Å². The van der Waals surface area contributed by atoms with Gasteiger partial charge < -0.3 is 5.21 Å². The van der Waals surface area contributed by atoms with Crippen LogP contribution in [0.5, 0.6) is 0 Å². The lowest BCUT2D eigenvalue weighted by atomic mass is 10.4. The third-order valence-electron chi connectivity index (χ3n) is 0.622. The zero-order valence-corrected chi connectivity index (χ0v) is 7.24. The lowest BCUT2D eigenvalue weighted by Crippen LogP contribution is -2.08. The molecule has 0 atom stereocenters. The molecule has 0 aliphatic rings. The zero-order valence-electron chi connectivity index (χ0n) is 7.24. The lowest BCUT2D eigenvalue weighted by Gasteiger charge is -1.88. The van der Waals surface area contributed by atoms with Gasteiger partial charge in [-0.25, -0.2) is 0 Å². The standard InChI is InChI=1S/C3H7NO2.C3H7NO/c1-3(2)4(5)6;1-3(2)4-5/h3H,1-2H3;5H,1-2H3. The molecular weight excluding hydrogens is 148 g/mol. The minimum Gasteiger partial charge on any atom is -0.411 e. The minimum absolute atomic E-state index is 0.333. The summed E-state index contributed by atoms with van der Waals surface area (Å²) in [6.45, 7) is 6.53. The Labute approximate surface area is 65.9 Å². The molecule has 0 aromatic rings. The Bertz CT molecular complexity index is 139. The van der Waals surface area contributed by atoms with Gasteiger partial charge in [0.05, 0.1) is 5.71 Å². The SMILES string of the molecule is CC(C)=NO.CC(C)[N+](=O)[O-]. The molecule has 0 unspecified atom stereocenters. The highest BCUT2D eigenvalue weighted by Gasteiger charge is 1.99. The molecular formula is C6H14N2O3. The first-order valence-electron chi connectivity index (χ1n) is 3.20.